The first-order valence-electron chi connectivity index (χ1n) is 7.86. The largest absolute Gasteiger partial charge is 0.340 e. The van der Waals surface area contributed by atoms with Crippen LogP contribution in [-0.4, -0.2) is 24.4 Å². The highest BCUT2D eigenvalue weighted by Crippen LogP contribution is 2.20. The van der Waals surface area contributed by atoms with Gasteiger partial charge >= 0.3 is 0 Å². The summed E-state index contributed by atoms with van der Waals surface area (Å²) in [6, 6.07) is 12.6. The first-order chi connectivity index (χ1) is 11.4. The Bertz CT molecular complexity index is 700. The molecule has 1 amide bonds. The first kappa shape index (κ1) is 18.4. The van der Waals surface area contributed by atoms with Crippen molar-refractivity contribution in [3.05, 3.63) is 70.0 Å². The molecule has 0 saturated carbocycles. The number of benzene rings is 2. The zero-order chi connectivity index (χ0) is 17.7. The minimum atomic E-state index is -0.400. The molecule has 2 rings (SSSR count). The summed E-state index contributed by atoms with van der Waals surface area (Å²) in [6.07, 6.45) is 0. The number of hydrogen-bond acceptors (Lipinski definition) is 2. The van der Waals surface area contributed by atoms with Crippen molar-refractivity contribution >= 4 is 17.5 Å². The smallest absolute Gasteiger partial charge is 0.236 e. The molecular formula is C19H22ClFN2O. The standard InChI is InChI=1S/C19H22ClFN2O/c1-13-7-4-5-8-15(13)14(2)22-11-19(24)23(3)12-16-17(20)9-6-10-18(16)21/h4-10,14,22H,11-12H2,1-3H3. The van der Waals surface area contributed by atoms with Crippen molar-refractivity contribution in [3.8, 4) is 0 Å². The third-order valence-corrected chi connectivity index (χ3v) is 4.45. The summed E-state index contributed by atoms with van der Waals surface area (Å²) in [7, 11) is 1.64. The minimum absolute atomic E-state index is 0.0561. The molecule has 0 saturated heterocycles. The molecule has 2 aromatic carbocycles. The molecule has 0 spiro atoms. The second-order valence-corrected chi connectivity index (χ2v) is 6.32. The molecule has 1 unspecified atom stereocenters. The highest BCUT2D eigenvalue weighted by Gasteiger charge is 2.15. The predicted molar refractivity (Wildman–Crippen MR) is 95.5 cm³/mol. The summed E-state index contributed by atoms with van der Waals surface area (Å²) >= 11 is 6.01. The lowest BCUT2D eigenvalue weighted by atomic mass is 10.0. The van der Waals surface area contributed by atoms with E-state index < -0.39 is 5.82 Å². The predicted octanol–water partition coefficient (Wildman–Crippen LogP) is 4.10. The van der Waals surface area contributed by atoms with E-state index in [2.05, 4.69) is 5.32 Å². The number of amides is 1. The summed E-state index contributed by atoms with van der Waals surface area (Å²) in [5.41, 5.74) is 2.67. The Labute approximate surface area is 147 Å². The summed E-state index contributed by atoms with van der Waals surface area (Å²) in [5, 5.41) is 3.55. The van der Waals surface area contributed by atoms with Gasteiger partial charge in [0.15, 0.2) is 0 Å². The van der Waals surface area contributed by atoms with Gasteiger partial charge in [0.25, 0.3) is 0 Å². The Morgan fingerprint density at radius 1 is 1.25 bits per heavy atom. The second kappa shape index (κ2) is 8.27. The average Bonchev–Trinajstić information content (AvgIpc) is 2.56. The van der Waals surface area contributed by atoms with Crippen LogP contribution in [-0.2, 0) is 11.3 Å². The third kappa shape index (κ3) is 4.56. The van der Waals surface area contributed by atoms with Crippen LogP contribution in [0.4, 0.5) is 4.39 Å². The van der Waals surface area contributed by atoms with E-state index in [1.165, 1.54) is 16.5 Å². The van der Waals surface area contributed by atoms with Crippen LogP contribution in [0, 0.1) is 12.7 Å². The van der Waals surface area contributed by atoms with E-state index in [9.17, 15) is 9.18 Å². The fourth-order valence-electron chi connectivity index (χ4n) is 2.57. The maximum atomic E-state index is 13.8. The number of aryl methyl sites for hydroxylation is 1. The maximum Gasteiger partial charge on any atom is 0.236 e. The van der Waals surface area contributed by atoms with Crippen molar-refractivity contribution in [3.63, 3.8) is 0 Å². The number of nitrogens with zero attached hydrogens (tertiary/aromatic N) is 1. The van der Waals surface area contributed by atoms with Crippen LogP contribution in [0.2, 0.25) is 5.02 Å². The molecule has 0 radical (unpaired) electrons. The molecule has 0 aromatic heterocycles. The number of carbonyl (C=O) groups is 1. The highest BCUT2D eigenvalue weighted by molar-refractivity contribution is 6.31. The third-order valence-electron chi connectivity index (χ3n) is 4.10. The van der Waals surface area contributed by atoms with Crippen LogP contribution in [0.5, 0.6) is 0 Å². The fourth-order valence-corrected chi connectivity index (χ4v) is 2.79. The molecule has 0 fully saturated rings. The van der Waals surface area contributed by atoms with Gasteiger partial charge in [0.05, 0.1) is 6.54 Å². The molecule has 2 aromatic rings. The van der Waals surface area contributed by atoms with Crippen molar-refractivity contribution in [2.24, 2.45) is 0 Å². The summed E-state index contributed by atoms with van der Waals surface area (Å²) in [6.45, 7) is 4.38. The number of rotatable bonds is 6. The zero-order valence-electron chi connectivity index (χ0n) is 14.1. The second-order valence-electron chi connectivity index (χ2n) is 5.91. The highest BCUT2D eigenvalue weighted by atomic mass is 35.5. The lowest BCUT2D eigenvalue weighted by molar-refractivity contribution is -0.129. The van der Waals surface area contributed by atoms with Crippen LogP contribution in [0.25, 0.3) is 0 Å². The van der Waals surface area contributed by atoms with E-state index in [0.717, 1.165) is 5.56 Å². The fraction of sp³-hybridized carbons (Fsp3) is 0.316. The molecular weight excluding hydrogens is 327 g/mol. The van der Waals surface area contributed by atoms with Gasteiger partial charge in [-0.1, -0.05) is 41.9 Å². The monoisotopic (exact) mass is 348 g/mol. The van der Waals surface area contributed by atoms with E-state index in [0.29, 0.717) is 10.6 Å². The van der Waals surface area contributed by atoms with Gasteiger partial charge in [-0.3, -0.25) is 4.79 Å². The molecule has 3 nitrogen and oxygen atoms in total. The Kier molecular flexibility index (Phi) is 6.35. The lowest BCUT2D eigenvalue weighted by Crippen LogP contribution is -2.36. The molecule has 5 heteroatoms. The van der Waals surface area contributed by atoms with Crippen LogP contribution >= 0.6 is 11.6 Å². The van der Waals surface area contributed by atoms with Crippen LogP contribution in [0.3, 0.4) is 0 Å². The molecule has 1 N–H and O–H groups in total. The van der Waals surface area contributed by atoms with Gasteiger partial charge in [0.2, 0.25) is 5.91 Å². The van der Waals surface area contributed by atoms with E-state index in [-0.39, 0.29) is 25.0 Å². The topological polar surface area (TPSA) is 32.3 Å². The Balaban J connectivity index is 1.94. The molecule has 1 atom stereocenters. The van der Waals surface area contributed by atoms with E-state index in [4.69, 9.17) is 11.6 Å². The summed E-state index contributed by atoms with van der Waals surface area (Å²) in [5.74, 6) is -0.516. The molecule has 0 heterocycles. The molecule has 0 bridgehead atoms. The Morgan fingerprint density at radius 3 is 2.62 bits per heavy atom. The van der Waals surface area contributed by atoms with Gasteiger partial charge in [-0.25, -0.2) is 4.39 Å². The van der Waals surface area contributed by atoms with Gasteiger partial charge in [0.1, 0.15) is 5.82 Å². The SMILES string of the molecule is Cc1ccccc1C(C)NCC(=O)N(C)Cc1c(F)cccc1Cl. The molecule has 24 heavy (non-hydrogen) atoms. The minimum Gasteiger partial charge on any atom is -0.340 e. The van der Waals surface area contributed by atoms with Crippen molar-refractivity contribution in [2.75, 3.05) is 13.6 Å². The quantitative estimate of drug-likeness (QED) is 0.852. The van der Waals surface area contributed by atoms with Gasteiger partial charge in [-0.2, -0.15) is 0 Å². The molecule has 0 aliphatic carbocycles. The molecule has 0 aliphatic rings. The van der Waals surface area contributed by atoms with Gasteiger partial charge in [-0.05, 0) is 37.1 Å². The van der Waals surface area contributed by atoms with Gasteiger partial charge in [-0.15, -0.1) is 0 Å². The van der Waals surface area contributed by atoms with Crippen molar-refractivity contribution < 1.29 is 9.18 Å². The van der Waals surface area contributed by atoms with E-state index >= 15 is 0 Å². The van der Waals surface area contributed by atoms with Crippen molar-refractivity contribution in [1.29, 1.82) is 0 Å². The van der Waals surface area contributed by atoms with Crippen molar-refractivity contribution in [1.82, 2.24) is 10.2 Å². The lowest BCUT2D eigenvalue weighted by Gasteiger charge is -2.21. The van der Waals surface area contributed by atoms with Gasteiger partial charge in [0, 0.05) is 30.2 Å². The van der Waals surface area contributed by atoms with Crippen LogP contribution < -0.4 is 5.32 Å². The van der Waals surface area contributed by atoms with Crippen LogP contribution in [0.15, 0.2) is 42.5 Å². The van der Waals surface area contributed by atoms with E-state index in [1.54, 1.807) is 19.2 Å². The zero-order valence-corrected chi connectivity index (χ0v) is 14.9. The number of nitrogens with one attached hydrogen (secondary N) is 1. The summed E-state index contributed by atoms with van der Waals surface area (Å²) < 4.78 is 13.8. The Morgan fingerprint density at radius 2 is 1.96 bits per heavy atom. The maximum absolute atomic E-state index is 13.8. The summed E-state index contributed by atoms with van der Waals surface area (Å²) in [4.78, 5) is 13.8. The normalized spacial score (nSPS) is 12.0. The van der Waals surface area contributed by atoms with Crippen molar-refractivity contribution in [2.45, 2.75) is 26.4 Å². The molecule has 0 aliphatic heterocycles. The number of hydrogen-bond donors (Lipinski definition) is 1. The number of halogens is 2. The number of carbonyl (C=O) groups excluding carboxylic acids is 1. The Hall–Kier alpha value is -1.91. The number of likely N-dealkylation sites (N-methyl/N-ethyl adjacent to an activating group) is 1. The first-order valence-corrected chi connectivity index (χ1v) is 8.23. The van der Waals surface area contributed by atoms with E-state index in [1.807, 2.05) is 38.1 Å². The molecule has 128 valence electrons. The average molecular weight is 349 g/mol. The van der Waals surface area contributed by atoms with Gasteiger partial charge < -0.3 is 10.2 Å². The van der Waals surface area contributed by atoms with Crippen LogP contribution in [0.1, 0.15) is 29.7 Å².